The summed E-state index contributed by atoms with van der Waals surface area (Å²) in [6.07, 6.45) is 6.41. The lowest BCUT2D eigenvalue weighted by atomic mass is 10.0. The lowest BCUT2D eigenvalue weighted by molar-refractivity contribution is -0.132. The standard InChI is InChI=1S/C19H28N2O/c1-15-7-3-4-8-16(15)11-12-19(22)21-14-6-10-18(21)17-9-5-13-20(17)2/h3-4,7-8,17-18H,5-6,9-14H2,1-2H3/t17-,18+/m1/s1. The van der Waals surface area contributed by atoms with Gasteiger partial charge in [0.15, 0.2) is 0 Å². The van der Waals surface area contributed by atoms with Crippen LogP contribution in [0.4, 0.5) is 0 Å². The minimum atomic E-state index is 0.353. The van der Waals surface area contributed by atoms with Crippen LogP contribution in [0.5, 0.6) is 0 Å². The Hall–Kier alpha value is -1.35. The minimum absolute atomic E-state index is 0.353. The summed E-state index contributed by atoms with van der Waals surface area (Å²) in [6, 6.07) is 9.45. The summed E-state index contributed by atoms with van der Waals surface area (Å²) in [5.74, 6) is 0.353. The molecule has 0 saturated carbocycles. The lowest BCUT2D eigenvalue weighted by Gasteiger charge is -2.33. The number of hydrogen-bond donors (Lipinski definition) is 0. The molecule has 1 amide bonds. The number of carbonyl (C=O) groups is 1. The van der Waals surface area contributed by atoms with Crippen LogP contribution in [0.2, 0.25) is 0 Å². The molecule has 1 aromatic rings. The summed E-state index contributed by atoms with van der Waals surface area (Å²) in [5, 5.41) is 0. The van der Waals surface area contributed by atoms with E-state index in [9.17, 15) is 4.79 Å². The third-order valence-electron chi connectivity index (χ3n) is 5.51. The Bertz CT molecular complexity index is 528. The number of rotatable bonds is 4. The van der Waals surface area contributed by atoms with E-state index in [1.54, 1.807) is 0 Å². The zero-order chi connectivity index (χ0) is 15.5. The molecule has 120 valence electrons. The SMILES string of the molecule is Cc1ccccc1CCC(=O)N1CCC[C@H]1[C@H]1CCCN1C. The van der Waals surface area contributed by atoms with Gasteiger partial charge in [-0.05, 0) is 63.7 Å². The molecule has 2 saturated heterocycles. The molecule has 22 heavy (non-hydrogen) atoms. The molecule has 0 bridgehead atoms. The van der Waals surface area contributed by atoms with Gasteiger partial charge in [0.1, 0.15) is 0 Å². The third kappa shape index (κ3) is 3.19. The molecule has 0 aliphatic carbocycles. The molecule has 0 aromatic heterocycles. The fraction of sp³-hybridized carbons (Fsp3) is 0.632. The van der Waals surface area contributed by atoms with Crippen molar-refractivity contribution in [1.29, 1.82) is 0 Å². The highest BCUT2D eigenvalue weighted by Gasteiger charge is 2.37. The van der Waals surface area contributed by atoms with E-state index in [-0.39, 0.29) is 0 Å². The average Bonchev–Trinajstić information content (AvgIpc) is 3.14. The summed E-state index contributed by atoms with van der Waals surface area (Å²) in [5.41, 5.74) is 2.60. The number of hydrogen-bond acceptors (Lipinski definition) is 2. The van der Waals surface area contributed by atoms with Gasteiger partial charge >= 0.3 is 0 Å². The van der Waals surface area contributed by atoms with Crippen LogP contribution in [-0.4, -0.2) is 47.9 Å². The van der Waals surface area contributed by atoms with Crippen molar-refractivity contribution in [3.63, 3.8) is 0 Å². The average molecular weight is 300 g/mol. The molecule has 3 rings (SSSR count). The van der Waals surface area contributed by atoms with Crippen molar-refractivity contribution in [2.75, 3.05) is 20.1 Å². The lowest BCUT2D eigenvalue weighted by Crippen LogP contribution is -2.47. The molecule has 2 aliphatic rings. The van der Waals surface area contributed by atoms with Gasteiger partial charge in [-0.15, -0.1) is 0 Å². The quantitative estimate of drug-likeness (QED) is 0.853. The second kappa shape index (κ2) is 6.82. The Kier molecular flexibility index (Phi) is 4.82. The highest BCUT2D eigenvalue weighted by atomic mass is 16.2. The summed E-state index contributed by atoms with van der Waals surface area (Å²) >= 11 is 0. The first-order valence-corrected chi connectivity index (χ1v) is 8.71. The van der Waals surface area contributed by atoms with Crippen LogP contribution < -0.4 is 0 Å². The molecule has 0 radical (unpaired) electrons. The van der Waals surface area contributed by atoms with E-state index in [4.69, 9.17) is 0 Å². The number of amides is 1. The first-order valence-electron chi connectivity index (χ1n) is 8.71. The van der Waals surface area contributed by atoms with Gasteiger partial charge in [0.05, 0.1) is 0 Å². The summed E-state index contributed by atoms with van der Waals surface area (Å²) in [4.78, 5) is 17.4. The van der Waals surface area contributed by atoms with Crippen molar-refractivity contribution in [1.82, 2.24) is 9.80 Å². The van der Waals surface area contributed by atoms with E-state index >= 15 is 0 Å². The van der Waals surface area contributed by atoms with Crippen LogP contribution in [0.25, 0.3) is 0 Å². The minimum Gasteiger partial charge on any atom is -0.338 e. The normalized spacial score (nSPS) is 25.8. The van der Waals surface area contributed by atoms with Crippen molar-refractivity contribution in [2.45, 2.75) is 57.5 Å². The Labute approximate surface area is 134 Å². The largest absolute Gasteiger partial charge is 0.338 e. The number of carbonyl (C=O) groups excluding carboxylic acids is 1. The number of likely N-dealkylation sites (N-methyl/N-ethyl adjacent to an activating group) is 1. The van der Waals surface area contributed by atoms with Gasteiger partial charge in [0, 0.05) is 25.0 Å². The number of nitrogens with zero attached hydrogens (tertiary/aromatic N) is 2. The van der Waals surface area contributed by atoms with Gasteiger partial charge in [0.25, 0.3) is 0 Å². The van der Waals surface area contributed by atoms with E-state index < -0.39 is 0 Å². The van der Waals surface area contributed by atoms with Gasteiger partial charge in [0.2, 0.25) is 5.91 Å². The molecular formula is C19H28N2O. The zero-order valence-corrected chi connectivity index (χ0v) is 13.9. The number of benzene rings is 1. The first-order chi connectivity index (χ1) is 10.7. The van der Waals surface area contributed by atoms with Crippen molar-refractivity contribution < 1.29 is 4.79 Å². The molecule has 1 aromatic carbocycles. The Balaban J connectivity index is 1.60. The number of likely N-dealkylation sites (tertiary alicyclic amines) is 2. The summed E-state index contributed by atoms with van der Waals surface area (Å²) < 4.78 is 0. The van der Waals surface area contributed by atoms with Gasteiger partial charge in [-0.1, -0.05) is 24.3 Å². The second-order valence-electron chi connectivity index (χ2n) is 6.91. The van der Waals surface area contributed by atoms with Crippen molar-refractivity contribution >= 4 is 5.91 Å². The topological polar surface area (TPSA) is 23.6 Å². The smallest absolute Gasteiger partial charge is 0.223 e. The maximum absolute atomic E-state index is 12.7. The van der Waals surface area contributed by atoms with Crippen molar-refractivity contribution in [2.24, 2.45) is 0 Å². The zero-order valence-electron chi connectivity index (χ0n) is 13.9. The van der Waals surface area contributed by atoms with Crippen molar-refractivity contribution in [3.8, 4) is 0 Å². The molecule has 0 N–H and O–H groups in total. The maximum Gasteiger partial charge on any atom is 0.223 e. The fourth-order valence-electron chi connectivity index (χ4n) is 4.20. The maximum atomic E-state index is 12.7. The van der Waals surface area contributed by atoms with Crippen LogP contribution >= 0.6 is 0 Å². The molecule has 2 aliphatic heterocycles. The molecule has 2 heterocycles. The summed E-state index contributed by atoms with van der Waals surface area (Å²) in [6.45, 7) is 4.28. The predicted octanol–water partition coefficient (Wildman–Crippen LogP) is 3.01. The molecule has 2 fully saturated rings. The van der Waals surface area contributed by atoms with Crippen LogP contribution in [0.1, 0.15) is 43.2 Å². The van der Waals surface area contributed by atoms with Crippen molar-refractivity contribution in [3.05, 3.63) is 35.4 Å². The van der Waals surface area contributed by atoms with Gasteiger partial charge in [-0.2, -0.15) is 0 Å². The summed E-state index contributed by atoms with van der Waals surface area (Å²) in [7, 11) is 2.21. The predicted molar refractivity (Wildman–Crippen MR) is 89.9 cm³/mol. The monoisotopic (exact) mass is 300 g/mol. The second-order valence-corrected chi connectivity index (χ2v) is 6.91. The van der Waals surface area contributed by atoms with E-state index in [1.807, 2.05) is 0 Å². The molecule has 0 unspecified atom stereocenters. The molecule has 2 atom stereocenters. The van der Waals surface area contributed by atoms with Crippen LogP contribution in [0, 0.1) is 6.92 Å². The van der Waals surface area contributed by atoms with Gasteiger partial charge in [-0.3, -0.25) is 4.79 Å². The first kappa shape index (κ1) is 15.5. The Morgan fingerprint density at radius 1 is 1.14 bits per heavy atom. The van der Waals surface area contributed by atoms with Crippen LogP contribution in [0.15, 0.2) is 24.3 Å². The Morgan fingerprint density at radius 2 is 1.86 bits per heavy atom. The fourth-order valence-corrected chi connectivity index (χ4v) is 4.20. The highest BCUT2D eigenvalue weighted by Crippen LogP contribution is 2.29. The number of aryl methyl sites for hydroxylation is 2. The van der Waals surface area contributed by atoms with E-state index in [1.165, 1.54) is 43.4 Å². The van der Waals surface area contributed by atoms with Gasteiger partial charge in [-0.25, -0.2) is 0 Å². The highest BCUT2D eigenvalue weighted by molar-refractivity contribution is 5.77. The van der Waals surface area contributed by atoms with E-state index in [0.29, 0.717) is 24.4 Å². The molecule has 0 spiro atoms. The van der Waals surface area contributed by atoms with Crippen LogP contribution in [-0.2, 0) is 11.2 Å². The molecule has 3 heteroatoms. The molecule has 3 nitrogen and oxygen atoms in total. The van der Waals surface area contributed by atoms with Gasteiger partial charge < -0.3 is 9.80 Å². The van der Waals surface area contributed by atoms with Crippen LogP contribution in [0.3, 0.4) is 0 Å². The molecular weight excluding hydrogens is 272 g/mol. The van der Waals surface area contributed by atoms with E-state index in [0.717, 1.165) is 13.0 Å². The third-order valence-corrected chi connectivity index (χ3v) is 5.51. The van der Waals surface area contributed by atoms with E-state index in [2.05, 4.69) is 48.0 Å². The Morgan fingerprint density at radius 3 is 2.59 bits per heavy atom.